The van der Waals surface area contributed by atoms with Crippen LogP contribution in [0.1, 0.15) is 46.0 Å². The molecule has 0 aromatic heterocycles. The van der Waals surface area contributed by atoms with Crippen molar-refractivity contribution in [1.82, 2.24) is 0 Å². The van der Waals surface area contributed by atoms with Gasteiger partial charge in [-0.05, 0) is 53.7 Å². The highest BCUT2D eigenvalue weighted by atomic mass is 19.1. The van der Waals surface area contributed by atoms with Crippen LogP contribution in [0.5, 0.6) is 0 Å². The molecule has 0 amide bonds. The Kier molecular flexibility index (Phi) is 6.45. The molecule has 0 bridgehead atoms. The van der Waals surface area contributed by atoms with Gasteiger partial charge in [-0.1, -0.05) is 43.8 Å². The lowest BCUT2D eigenvalue weighted by atomic mass is 9.91. The van der Waals surface area contributed by atoms with Crippen molar-refractivity contribution in [3.63, 3.8) is 0 Å². The van der Waals surface area contributed by atoms with Crippen LogP contribution in [0.3, 0.4) is 0 Å². The monoisotopic (exact) mass is 354 g/mol. The van der Waals surface area contributed by atoms with Crippen LogP contribution in [-0.2, 0) is 24.1 Å². The van der Waals surface area contributed by atoms with E-state index in [1.807, 2.05) is 24.3 Å². The number of Topliss-reactive ketones (excluding diaryl/α,β-unsaturated/α-hetero) is 1. The van der Waals surface area contributed by atoms with Crippen LogP contribution in [-0.4, -0.2) is 16.9 Å². The van der Waals surface area contributed by atoms with Crippen LogP contribution in [0.25, 0.3) is 0 Å². The lowest BCUT2D eigenvalue weighted by Gasteiger charge is -2.13. The summed E-state index contributed by atoms with van der Waals surface area (Å²) in [7, 11) is 0. The molecule has 2 aromatic carbocycles. The van der Waals surface area contributed by atoms with Gasteiger partial charge in [-0.15, -0.1) is 0 Å². The Morgan fingerprint density at radius 2 is 1.69 bits per heavy atom. The van der Waals surface area contributed by atoms with Crippen molar-refractivity contribution in [3.05, 3.63) is 82.2 Å². The smallest absolute Gasteiger partial charge is 0.303 e. The molecule has 0 aliphatic carbocycles. The van der Waals surface area contributed by atoms with E-state index in [0.29, 0.717) is 23.1 Å². The largest absolute Gasteiger partial charge is 0.481 e. The molecule has 0 saturated heterocycles. The number of halogens is 1. The minimum absolute atomic E-state index is 0.0110. The number of carboxylic acid groups (broad SMARTS) is 1. The maximum Gasteiger partial charge on any atom is 0.303 e. The second kappa shape index (κ2) is 8.56. The van der Waals surface area contributed by atoms with E-state index in [1.165, 1.54) is 17.7 Å². The van der Waals surface area contributed by atoms with Crippen molar-refractivity contribution >= 4 is 11.8 Å². The average molecular weight is 354 g/mol. The van der Waals surface area contributed by atoms with Gasteiger partial charge in [0.05, 0.1) is 5.56 Å². The Bertz CT molecular complexity index is 835. The summed E-state index contributed by atoms with van der Waals surface area (Å²) >= 11 is 0. The molecule has 0 fully saturated rings. The first-order valence-corrected chi connectivity index (χ1v) is 8.63. The summed E-state index contributed by atoms with van der Waals surface area (Å²) in [6.45, 7) is 7.56. The quantitative estimate of drug-likeness (QED) is 0.552. The van der Waals surface area contributed by atoms with E-state index in [0.717, 1.165) is 12.0 Å². The summed E-state index contributed by atoms with van der Waals surface area (Å²) < 4.78 is 14.3. The molecule has 2 aromatic rings. The highest BCUT2D eigenvalue weighted by molar-refractivity contribution is 6.09. The Morgan fingerprint density at radius 1 is 1.08 bits per heavy atom. The highest BCUT2D eigenvalue weighted by Crippen LogP contribution is 2.23. The number of carbonyl (C=O) groups excluding carboxylic acids is 1. The molecule has 2 rings (SSSR count). The minimum atomic E-state index is -0.929. The van der Waals surface area contributed by atoms with Crippen LogP contribution >= 0.6 is 0 Å². The molecule has 4 heteroatoms. The molecule has 1 N–H and O–H groups in total. The van der Waals surface area contributed by atoms with Gasteiger partial charge in [0.25, 0.3) is 0 Å². The molecule has 0 atom stereocenters. The fourth-order valence-electron chi connectivity index (χ4n) is 2.91. The molecule has 0 unspecified atom stereocenters. The number of rotatable bonds is 8. The molecular weight excluding hydrogens is 331 g/mol. The molecule has 0 saturated carbocycles. The molecule has 0 aliphatic rings. The molecule has 136 valence electrons. The number of carbonyl (C=O) groups is 2. The number of ketones is 1. The van der Waals surface area contributed by atoms with Crippen molar-refractivity contribution in [2.45, 2.75) is 39.5 Å². The van der Waals surface area contributed by atoms with Gasteiger partial charge in [0.1, 0.15) is 5.82 Å². The van der Waals surface area contributed by atoms with Crippen LogP contribution in [0.4, 0.5) is 4.39 Å². The van der Waals surface area contributed by atoms with E-state index in [2.05, 4.69) is 13.5 Å². The van der Waals surface area contributed by atoms with Crippen molar-refractivity contribution < 1.29 is 19.1 Å². The van der Waals surface area contributed by atoms with Gasteiger partial charge >= 0.3 is 5.97 Å². The van der Waals surface area contributed by atoms with Gasteiger partial charge in [0, 0.05) is 12.8 Å². The molecule has 0 spiro atoms. The van der Waals surface area contributed by atoms with Crippen LogP contribution in [0.15, 0.2) is 48.6 Å². The van der Waals surface area contributed by atoms with Crippen molar-refractivity contribution in [2.24, 2.45) is 0 Å². The predicted molar refractivity (Wildman–Crippen MR) is 100 cm³/mol. The Hall–Kier alpha value is -2.75. The zero-order chi connectivity index (χ0) is 19.3. The first-order chi connectivity index (χ1) is 12.3. The SMILES string of the molecule is C=C(Cc1ccc(CC)cc1)C(=O)c1c(F)ccc(CCC(=O)O)c1C. The predicted octanol–water partition coefficient (Wildman–Crippen LogP) is 4.70. The molecule has 0 radical (unpaired) electrons. The van der Waals surface area contributed by atoms with Gasteiger partial charge in [0.15, 0.2) is 5.78 Å². The van der Waals surface area contributed by atoms with E-state index >= 15 is 0 Å². The maximum absolute atomic E-state index is 14.3. The standard InChI is InChI=1S/C22H23FO3/c1-4-16-5-7-17(8-6-16)13-14(2)22(26)21-15(3)18(9-11-19(21)23)10-12-20(24)25/h5-9,11H,2,4,10,12-13H2,1,3H3,(H,24,25). The van der Waals surface area contributed by atoms with E-state index in [1.54, 1.807) is 6.92 Å². The fraction of sp³-hybridized carbons (Fsp3) is 0.273. The summed E-state index contributed by atoms with van der Waals surface area (Å²) in [4.78, 5) is 23.5. The fourth-order valence-corrected chi connectivity index (χ4v) is 2.91. The highest BCUT2D eigenvalue weighted by Gasteiger charge is 2.20. The summed E-state index contributed by atoms with van der Waals surface area (Å²) in [6.07, 6.45) is 1.48. The Labute approximate surface area is 153 Å². The van der Waals surface area contributed by atoms with Gasteiger partial charge in [-0.25, -0.2) is 4.39 Å². The van der Waals surface area contributed by atoms with Crippen LogP contribution in [0.2, 0.25) is 0 Å². The van der Waals surface area contributed by atoms with Crippen LogP contribution < -0.4 is 0 Å². The van der Waals surface area contributed by atoms with Gasteiger partial charge in [-0.3, -0.25) is 9.59 Å². The van der Waals surface area contributed by atoms with Crippen LogP contribution in [0, 0.1) is 12.7 Å². The van der Waals surface area contributed by atoms with Gasteiger partial charge in [-0.2, -0.15) is 0 Å². The summed E-state index contributed by atoms with van der Waals surface area (Å²) in [5.74, 6) is -1.97. The number of aryl methyl sites for hydroxylation is 2. The molecule has 3 nitrogen and oxygen atoms in total. The van der Waals surface area contributed by atoms with Gasteiger partial charge < -0.3 is 5.11 Å². The summed E-state index contributed by atoms with van der Waals surface area (Å²) in [5, 5.41) is 8.83. The third-order valence-electron chi connectivity index (χ3n) is 4.53. The van der Waals surface area contributed by atoms with E-state index < -0.39 is 17.6 Å². The van der Waals surface area contributed by atoms with Gasteiger partial charge in [0.2, 0.25) is 0 Å². The number of aliphatic carboxylic acids is 1. The molecule has 26 heavy (non-hydrogen) atoms. The maximum atomic E-state index is 14.3. The van der Waals surface area contributed by atoms with E-state index in [4.69, 9.17) is 5.11 Å². The van der Waals surface area contributed by atoms with Crippen molar-refractivity contribution in [2.75, 3.05) is 0 Å². The number of benzene rings is 2. The number of carboxylic acids is 1. The van der Waals surface area contributed by atoms with Crippen molar-refractivity contribution in [1.29, 1.82) is 0 Å². The molecule has 0 aliphatic heterocycles. The summed E-state index contributed by atoms with van der Waals surface area (Å²) in [6, 6.07) is 10.7. The first-order valence-electron chi connectivity index (χ1n) is 8.63. The topological polar surface area (TPSA) is 54.4 Å². The molecule has 0 heterocycles. The minimum Gasteiger partial charge on any atom is -0.481 e. The summed E-state index contributed by atoms with van der Waals surface area (Å²) in [5.41, 5.74) is 3.60. The molecular formula is C22H23FO3. The van der Waals surface area contributed by atoms with E-state index in [9.17, 15) is 14.0 Å². The second-order valence-corrected chi connectivity index (χ2v) is 6.38. The number of allylic oxidation sites excluding steroid dienone is 1. The number of hydrogen-bond acceptors (Lipinski definition) is 2. The lowest BCUT2D eigenvalue weighted by Crippen LogP contribution is -2.12. The third kappa shape index (κ3) is 4.66. The zero-order valence-electron chi connectivity index (χ0n) is 15.1. The Morgan fingerprint density at radius 3 is 2.27 bits per heavy atom. The first kappa shape index (κ1) is 19.6. The average Bonchev–Trinajstić information content (AvgIpc) is 2.61. The van der Waals surface area contributed by atoms with Crippen molar-refractivity contribution in [3.8, 4) is 0 Å². The zero-order valence-corrected chi connectivity index (χ0v) is 15.1. The van der Waals surface area contributed by atoms with E-state index in [-0.39, 0.29) is 18.4 Å². The second-order valence-electron chi connectivity index (χ2n) is 6.38. The number of hydrogen-bond donors (Lipinski definition) is 1. The Balaban J connectivity index is 2.22. The third-order valence-corrected chi connectivity index (χ3v) is 4.53. The normalized spacial score (nSPS) is 10.6. The lowest BCUT2D eigenvalue weighted by molar-refractivity contribution is -0.136.